The number of rotatable bonds is 5. The van der Waals surface area contributed by atoms with Crippen molar-refractivity contribution in [1.82, 2.24) is 4.90 Å². The van der Waals surface area contributed by atoms with Gasteiger partial charge in [0.05, 0.1) is 6.54 Å². The lowest BCUT2D eigenvalue weighted by Crippen LogP contribution is -2.30. The molecule has 0 saturated carbocycles. The monoisotopic (exact) mass is 320 g/mol. The second-order valence-electron chi connectivity index (χ2n) is 5.28. The molecule has 0 aliphatic carbocycles. The first-order valence-corrected chi connectivity index (χ1v) is 7.31. The Labute approximate surface area is 134 Å². The lowest BCUT2D eigenvalue weighted by molar-refractivity contribution is -0.117. The highest BCUT2D eigenvalue weighted by molar-refractivity contribution is 6.31. The summed E-state index contributed by atoms with van der Waals surface area (Å²) in [5.74, 6) is -0.432. The van der Waals surface area contributed by atoms with Crippen molar-refractivity contribution in [2.75, 3.05) is 18.9 Å². The van der Waals surface area contributed by atoms with Crippen molar-refractivity contribution in [3.63, 3.8) is 0 Å². The summed E-state index contributed by atoms with van der Waals surface area (Å²) in [7, 11) is 1.77. The molecule has 1 amide bonds. The lowest BCUT2D eigenvalue weighted by atomic mass is 10.2. The maximum Gasteiger partial charge on any atom is 0.238 e. The number of nitrogens with one attached hydrogen (secondary N) is 1. The van der Waals surface area contributed by atoms with Crippen molar-refractivity contribution in [3.8, 4) is 0 Å². The third-order valence-corrected chi connectivity index (χ3v) is 3.67. The average Bonchev–Trinajstić information content (AvgIpc) is 2.45. The Morgan fingerprint density at radius 2 is 2.00 bits per heavy atom. The van der Waals surface area contributed by atoms with Crippen LogP contribution >= 0.6 is 11.6 Å². The van der Waals surface area contributed by atoms with E-state index < -0.39 is 0 Å². The normalized spacial score (nSPS) is 10.8. The lowest BCUT2D eigenvalue weighted by Gasteiger charge is -2.17. The molecule has 0 unspecified atom stereocenters. The second kappa shape index (κ2) is 7.38. The minimum Gasteiger partial charge on any atom is -0.325 e. The van der Waals surface area contributed by atoms with Gasteiger partial charge in [-0.1, -0.05) is 35.9 Å². The number of amides is 1. The van der Waals surface area contributed by atoms with E-state index in [9.17, 15) is 9.18 Å². The summed E-state index contributed by atoms with van der Waals surface area (Å²) in [5.41, 5.74) is 2.17. The van der Waals surface area contributed by atoms with Gasteiger partial charge in [-0.3, -0.25) is 9.69 Å². The predicted octanol–water partition coefficient (Wildman–Crippen LogP) is 3.86. The third-order valence-electron chi connectivity index (χ3n) is 3.27. The molecule has 0 heterocycles. The van der Waals surface area contributed by atoms with Crippen molar-refractivity contribution >= 4 is 23.2 Å². The molecule has 0 atom stereocenters. The summed E-state index contributed by atoms with van der Waals surface area (Å²) in [6.07, 6.45) is 0. The van der Waals surface area contributed by atoms with Gasteiger partial charge in [-0.05, 0) is 37.7 Å². The van der Waals surface area contributed by atoms with Gasteiger partial charge >= 0.3 is 0 Å². The van der Waals surface area contributed by atoms with E-state index in [-0.39, 0.29) is 18.3 Å². The van der Waals surface area contributed by atoms with E-state index in [0.29, 0.717) is 22.8 Å². The van der Waals surface area contributed by atoms with Crippen LogP contribution in [0.15, 0.2) is 42.5 Å². The standard InChI is InChI=1S/C17H18ClFN2O/c1-12-7-8-14(9-15(12)18)20-17(22)11-21(2)10-13-5-3-4-6-16(13)19/h3-9H,10-11H2,1-2H3,(H,20,22). The van der Waals surface area contributed by atoms with Crippen molar-refractivity contribution in [3.05, 3.63) is 64.4 Å². The molecule has 1 N–H and O–H groups in total. The van der Waals surface area contributed by atoms with Gasteiger partial charge < -0.3 is 5.32 Å². The Bertz CT molecular complexity index is 675. The molecule has 0 bridgehead atoms. The molecule has 0 saturated heterocycles. The zero-order valence-corrected chi connectivity index (χ0v) is 13.3. The molecule has 2 aromatic rings. The van der Waals surface area contributed by atoms with Gasteiger partial charge in [0.1, 0.15) is 5.82 Å². The molecule has 2 rings (SSSR count). The van der Waals surface area contributed by atoms with E-state index in [1.165, 1.54) is 6.07 Å². The van der Waals surface area contributed by atoms with Gasteiger partial charge in [0.25, 0.3) is 0 Å². The first kappa shape index (κ1) is 16.5. The predicted molar refractivity (Wildman–Crippen MR) is 87.6 cm³/mol. The van der Waals surface area contributed by atoms with Crippen LogP contribution in [0.2, 0.25) is 5.02 Å². The smallest absolute Gasteiger partial charge is 0.238 e. The number of carbonyl (C=O) groups is 1. The fraction of sp³-hybridized carbons (Fsp3) is 0.235. The van der Waals surface area contributed by atoms with Crippen LogP contribution in [0.5, 0.6) is 0 Å². The second-order valence-corrected chi connectivity index (χ2v) is 5.68. The number of nitrogens with zero attached hydrogens (tertiary/aromatic N) is 1. The highest BCUT2D eigenvalue weighted by Crippen LogP contribution is 2.19. The summed E-state index contributed by atoms with van der Waals surface area (Å²) in [5, 5.41) is 3.39. The van der Waals surface area contributed by atoms with Crippen LogP contribution < -0.4 is 5.32 Å². The van der Waals surface area contributed by atoms with E-state index >= 15 is 0 Å². The fourth-order valence-corrected chi connectivity index (χ4v) is 2.27. The van der Waals surface area contributed by atoms with E-state index in [0.717, 1.165) is 5.56 Å². The van der Waals surface area contributed by atoms with Gasteiger partial charge in [-0.2, -0.15) is 0 Å². The SMILES string of the molecule is Cc1ccc(NC(=O)CN(C)Cc2ccccc2F)cc1Cl. The largest absolute Gasteiger partial charge is 0.325 e. The molecule has 3 nitrogen and oxygen atoms in total. The van der Waals surface area contributed by atoms with Gasteiger partial charge in [-0.25, -0.2) is 4.39 Å². The van der Waals surface area contributed by atoms with Gasteiger partial charge in [0.15, 0.2) is 0 Å². The Balaban J connectivity index is 1.91. The fourth-order valence-electron chi connectivity index (χ4n) is 2.09. The van der Waals surface area contributed by atoms with E-state index in [4.69, 9.17) is 11.6 Å². The molecule has 2 aromatic carbocycles. The van der Waals surface area contributed by atoms with Gasteiger partial charge in [0, 0.05) is 22.8 Å². The van der Waals surface area contributed by atoms with E-state index in [2.05, 4.69) is 5.32 Å². The number of carbonyl (C=O) groups excluding carboxylic acids is 1. The average molecular weight is 321 g/mol. The highest BCUT2D eigenvalue weighted by atomic mass is 35.5. The van der Waals surface area contributed by atoms with Crippen molar-refractivity contribution in [2.45, 2.75) is 13.5 Å². The highest BCUT2D eigenvalue weighted by Gasteiger charge is 2.10. The van der Waals surface area contributed by atoms with Crippen LogP contribution in [0.3, 0.4) is 0 Å². The minimum atomic E-state index is -0.264. The van der Waals surface area contributed by atoms with Crippen molar-refractivity contribution < 1.29 is 9.18 Å². The minimum absolute atomic E-state index is 0.166. The summed E-state index contributed by atoms with van der Waals surface area (Å²) in [6.45, 7) is 2.44. The van der Waals surface area contributed by atoms with Crippen LogP contribution in [-0.4, -0.2) is 24.4 Å². The third kappa shape index (κ3) is 4.55. The molecule has 0 fully saturated rings. The van der Waals surface area contributed by atoms with Crippen LogP contribution in [0, 0.1) is 12.7 Å². The number of anilines is 1. The summed E-state index contributed by atoms with van der Waals surface area (Å²) in [6, 6.07) is 11.9. The molecule has 0 aliphatic rings. The number of benzene rings is 2. The van der Waals surface area contributed by atoms with Gasteiger partial charge in [-0.15, -0.1) is 0 Å². The Morgan fingerprint density at radius 3 is 2.68 bits per heavy atom. The van der Waals surface area contributed by atoms with Crippen molar-refractivity contribution in [1.29, 1.82) is 0 Å². The molecule has 22 heavy (non-hydrogen) atoms. The zero-order valence-electron chi connectivity index (χ0n) is 12.6. The zero-order chi connectivity index (χ0) is 16.1. The van der Waals surface area contributed by atoms with E-state index in [1.54, 1.807) is 42.3 Å². The van der Waals surface area contributed by atoms with Crippen LogP contribution in [-0.2, 0) is 11.3 Å². The van der Waals surface area contributed by atoms with Crippen LogP contribution in [0.25, 0.3) is 0 Å². The molecule has 5 heteroatoms. The number of aryl methyl sites for hydroxylation is 1. The first-order valence-electron chi connectivity index (χ1n) is 6.93. The molecule has 0 aliphatic heterocycles. The van der Waals surface area contributed by atoms with Crippen LogP contribution in [0.1, 0.15) is 11.1 Å². The Morgan fingerprint density at radius 1 is 1.27 bits per heavy atom. The summed E-state index contributed by atoms with van der Waals surface area (Å²) < 4.78 is 13.6. The quantitative estimate of drug-likeness (QED) is 0.907. The molecular formula is C17H18ClFN2O. The molecule has 0 spiro atoms. The molecular weight excluding hydrogens is 303 g/mol. The van der Waals surface area contributed by atoms with Crippen molar-refractivity contribution in [2.24, 2.45) is 0 Å². The first-order chi connectivity index (χ1) is 10.5. The summed E-state index contributed by atoms with van der Waals surface area (Å²) in [4.78, 5) is 13.8. The Kier molecular flexibility index (Phi) is 5.52. The maximum atomic E-state index is 13.6. The number of hydrogen-bond acceptors (Lipinski definition) is 2. The molecule has 0 aromatic heterocycles. The summed E-state index contributed by atoms with van der Waals surface area (Å²) >= 11 is 6.02. The number of likely N-dealkylation sites (N-methyl/N-ethyl adjacent to an activating group) is 1. The molecule has 116 valence electrons. The Hall–Kier alpha value is -1.91. The topological polar surface area (TPSA) is 32.3 Å². The number of hydrogen-bond donors (Lipinski definition) is 1. The van der Waals surface area contributed by atoms with Gasteiger partial charge in [0.2, 0.25) is 5.91 Å². The molecule has 0 radical (unpaired) electrons. The maximum absolute atomic E-state index is 13.6. The van der Waals surface area contributed by atoms with Crippen LogP contribution in [0.4, 0.5) is 10.1 Å². The van der Waals surface area contributed by atoms with E-state index in [1.807, 2.05) is 13.0 Å². The number of halogens is 2.